The van der Waals surface area contributed by atoms with E-state index in [0.29, 0.717) is 19.1 Å². The van der Waals surface area contributed by atoms with Crippen molar-refractivity contribution in [2.45, 2.75) is 19.4 Å². The van der Waals surface area contributed by atoms with Crippen LogP contribution in [0.3, 0.4) is 0 Å². The topological polar surface area (TPSA) is 32.3 Å². The third-order valence-electron chi connectivity index (χ3n) is 3.24. The van der Waals surface area contributed by atoms with Crippen LogP contribution in [0.5, 0.6) is 0 Å². The van der Waals surface area contributed by atoms with Crippen molar-refractivity contribution in [2.24, 2.45) is 0 Å². The van der Waals surface area contributed by atoms with Gasteiger partial charge in [0.15, 0.2) is 0 Å². The van der Waals surface area contributed by atoms with E-state index in [-0.39, 0.29) is 23.9 Å². The van der Waals surface area contributed by atoms with Gasteiger partial charge in [0, 0.05) is 19.1 Å². The van der Waals surface area contributed by atoms with Crippen molar-refractivity contribution < 1.29 is 9.18 Å². The van der Waals surface area contributed by atoms with Crippen molar-refractivity contribution in [1.82, 2.24) is 10.2 Å². The summed E-state index contributed by atoms with van der Waals surface area (Å²) in [6.07, 6.45) is 0.926. The Labute approximate surface area is 113 Å². The van der Waals surface area contributed by atoms with E-state index in [1.54, 1.807) is 17.0 Å². The number of halogens is 2. The van der Waals surface area contributed by atoms with Gasteiger partial charge in [0.1, 0.15) is 5.82 Å². The highest BCUT2D eigenvalue weighted by Crippen LogP contribution is 2.16. The molecule has 1 amide bonds. The molecule has 0 bridgehead atoms. The minimum Gasteiger partial charge on any atom is -0.337 e. The average Bonchev–Trinajstić information content (AvgIpc) is 2.76. The number of likely N-dealkylation sites (N-methyl/N-ethyl adjacent to an activating group) is 1. The first-order valence-electron chi connectivity index (χ1n) is 5.84. The largest absolute Gasteiger partial charge is 0.337 e. The first kappa shape index (κ1) is 14.9. The molecular weight excluding hydrogens is 255 g/mol. The highest BCUT2D eigenvalue weighted by atomic mass is 35.5. The van der Waals surface area contributed by atoms with Crippen LogP contribution in [0.4, 0.5) is 4.39 Å². The predicted octanol–water partition coefficient (Wildman–Crippen LogP) is 1.99. The van der Waals surface area contributed by atoms with Gasteiger partial charge < -0.3 is 10.2 Å². The van der Waals surface area contributed by atoms with E-state index in [0.717, 1.165) is 12.0 Å². The van der Waals surface area contributed by atoms with Gasteiger partial charge in [-0.15, -0.1) is 12.4 Å². The van der Waals surface area contributed by atoms with Crippen LogP contribution in [0.15, 0.2) is 18.2 Å². The van der Waals surface area contributed by atoms with Crippen molar-refractivity contribution in [3.8, 4) is 0 Å². The molecule has 0 saturated carbocycles. The molecule has 1 atom stereocenters. The molecule has 5 heteroatoms. The highest BCUT2D eigenvalue weighted by molar-refractivity contribution is 5.94. The number of aryl methyl sites for hydroxylation is 1. The Kier molecular flexibility index (Phi) is 5.11. The minimum atomic E-state index is -0.428. The summed E-state index contributed by atoms with van der Waals surface area (Å²) in [6, 6.07) is 5.06. The first-order chi connectivity index (χ1) is 8.11. The molecule has 1 fully saturated rings. The lowest BCUT2D eigenvalue weighted by Crippen LogP contribution is -2.33. The summed E-state index contributed by atoms with van der Waals surface area (Å²) in [7, 11) is 1.88. The van der Waals surface area contributed by atoms with Crippen LogP contribution in [-0.2, 0) is 0 Å². The average molecular weight is 273 g/mol. The van der Waals surface area contributed by atoms with Crippen molar-refractivity contribution >= 4 is 18.3 Å². The molecule has 0 radical (unpaired) electrons. The smallest absolute Gasteiger partial charge is 0.256 e. The molecule has 1 aromatic rings. The second-order valence-corrected chi connectivity index (χ2v) is 4.51. The lowest BCUT2D eigenvalue weighted by molar-refractivity contribution is 0.0785. The predicted molar refractivity (Wildman–Crippen MR) is 71.8 cm³/mol. The van der Waals surface area contributed by atoms with Gasteiger partial charge in [-0.2, -0.15) is 0 Å². The molecule has 1 aliphatic heterocycles. The van der Waals surface area contributed by atoms with Gasteiger partial charge in [-0.25, -0.2) is 4.39 Å². The van der Waals surface area contributed by atoms with E-state index in [4.69, 9.17) is 0 Å². The van der Waals surface area contributed by atoms with E-state index in [2.05, 4.69) is 5.32 Å². The number of nitrogens with one attached hydrogen (secondary N) is 1. The summed E-state index contributed by atoms with van der Waals surface area (Å²) >= 11 is 0. The van der Waals surface area contributed by atoms with Gasteiger partial charge in [0.25, 0.3) is 5.91 Å². The zero-order valence-corrected chi connectivity index (χ0v) is 11.4. The summed E-state index contributed by atoms with van der Waals surface area (Å²) in [5.74, 6) is -0.636. The molecule has 1 unspecified atom stereocenters. The van der Waals surface area contributed by atoms with E-state index < -0.39 is 5.82 Å². The molecule has 1 heterocycles. The lowest BCUT2D eigenvalue weighted by Gasteiger charge is -2.17. The van der Waals surface area contributed by atoms with Crippen LogP contribution < -0.4 is 5.32 Å². The van der Waals surface area contributed by atoms with Crippen LogP contribution >= 0.6 is 12.4 Å². The maximum atomic E-state index is 13.7. The molecule has 3 nitrogen and oxygen atoms in total. The molecule has 18 heavy (non-hydrogen) atoms. The lowest BCUT2D eigenvalue weighted by atomic mass is 10.1. The van der Waals surface area contributed by atoms with Crippen molar-refractivity contribution in [2.75, 3.05) is 20.1 Å². The van der Waals surface area contributed by atoms with Gasteiger partial charge in [-0.1, -0.05) is 6.07 Å². The number of carbonyl (C=O) groups is 1. The number of nitrogens with zero attached hydrogens (tertiary/aromatic N) is 1. The van der Waals surface area contributed by atoms with Crippen molar-refractivity contribution in [3.63, 3.8) is 0 Å². The molecule has 2 rings (SSSR count). The summed E-state index contributed by atoms with van der Waals surface area (Å²) in [5, 5.41) is 3.14. The third kappa shape index (κ3) is 3.00. The van der Waals surface area contributed by atoms with Crippen LogP contribution in [0.1, 0.15) is 22.3 Å². The Morgan fingerprint density at radius 2 is 2.22 bits per heavy atom. The second-order valence-electron chi connectivity index (χ2n) is 4.51. The fourth-order valence-electron chi connectivity index (χ4n) is 2.14. The molecular formula is C13H18ClFN2O. The van der Waals surface area contributed by atoms with Crippen molar-refractivity contribution in [1.29, 1.82) is 0 Å². The third-order valence-corrected chi connectivity index (χ3v) is 3.24. The molecule has 0 aromatic heterocycles. The SMILES string of the molecule is CNC1CCN(C(=O)c2ccc(C)cc2F)C1.Cl. The summed E-state index contributed by atoms with van der Waals surface area (Å²) in [4.78, 5) is 13.8. The number of rotatable bonds is 2. The molecule has 100 valence electrons. The Hall–Kier alpha value is -1.13. The Morgan fingerprint density at radius 1 is 1.50 bits per heavy atom. The Bertz CT molecular complexity index is 439. The normalized spacial score (nSPS) is 18.6. The van der Waals surface area contributed by atoms with Crippen LogP contribution in [0.25, 0.3) is 0 Å². The molecule has 1 N–H and O–H groups in total. The Balaban J connectivity index is 0.00000162. The van der Waals surface area contributed by atoms with E-state index in [1.165, 1.54) is 6.07 Å². The molecule has 1 aliphatic rings. The highest BCUT2D eigenvalue weighted by Gasteiger charge is 2.27. The van der Waals surface area contributed by atoms with Crippen LogP contribution in [-0.4, -0.2) is 37.0 Å². The standard InChI is InChI=1S/C13H17FN2O.ClH/c1-9-3-4-11(12(14)7-9)13(17)16-6-5-10(8-16)15-2;/h3-4,7,10,15H,5-6,8H2,1-2H3;1H. The maximum Gasteiger partial charge on any atom is 0.256 e. The number of hydrogen-bond donors (Lipinski definition) is 1. The molecule has 0 aliphatic carbocycles. The van der Waals surface area contributed by atoms with E-state index in [1.807, 2.05) is 14.0 Å². The number of amides is 1. The van der Waals surface area contributed by atoms with E-state index in [9.17, 15) is 9.18 Å². The number of benzene rings is 1. The first-order valence-corrected chi connectivity index (χ1v) is 5.84. The monoisotopic (exact) mass is 272 g/mol. The van der Waals surface area contributed by atoms with E-state index >= 15 is 0 Å². The number of hydrogen-bond acceptors (Lipinski definition) is 2. The summed E-state index contributed by atoms with van der Waals surface area (Å²) in [6.45, 7) is 3.16. The van der Waals surface area contributed by atoms with Crippen LogP contribution in [0, 0.1) is 12.7 Å². The number of carbonyl (C=O) groups excluding carboxylic acids is 1. The second kappa shape index (κ2) is 6.16. The maximum absolute atomic E-state index is 13.7. The van der Waals surface area contributed by atoms with Gasteiger partial charge in [0.05, 0.1) is 5.56 Å². The zero-order valence-electron chi connectivity index (χ0n) is 10.6. The van der Waals surface area contributed by atoms with Gasteiger partial charge in [-0.05, 0) is 38.1 Å². The summed E-state index contributed by atoms with van der Waals surface area (Å²) < 4.78 is 13.7. The Morgan fingerprint density at radius 3 is 2.78 bits per heavy atom. The quantitative estimate of drug-likeness (QED) is 0.893. The fourth-order valence-corrected chi connectivity index (χ4v) is 2.14. The summed E-state index contributed by atoms with van der Waals surface area (Å²) in [5.41, 5.74) is 1.00. The number of likely N-dealkylation sites (tertiary alicyclic amines) is 1. The molecule has 0 spiro atoms. The molecule has 1 aromatic carbocycles. The molecule has 1 saturated heterocycles. The van der Waals surface area contributed by atoms with Gasteiger partial charge in [0.2, 0.25) is 0 Å². The van der Waals surface area contributed by atoms with Gasteiger partial charge >= 0.3 is 0 Å². The zero-order chi connectivity index (χ0) is 12.4. The van der Waals surface area contributed by atoms with Crippen LogP contribution in [0.2, 0.25) is 0 Å². The minimum absolute atomic E-state index is 0. The van der Waals surface area contributed by atoms with Crippen molar-refractivity contribution in [3.05, 3.63) is 35.1 Å². The van der Waals surface area contributed by atoms with Gasteiger partial charge in [-0.3, -0.25) is 4.79 Å². The fraction of sp³-hybridized carbons (Fsp3) is 0.462.